The van der Waals surface area contributed by atoms with Crippen molar-refractivity contribution in [2.45, 2.75) is 65.2 Å². The standard InChI is InChI=1S/2C12H17.2BrH.Zr/c2*1-2-5-10-8-11-6-3-4-7-12(11)9-10;;;/h2*3-4,6,8,10,12H,2,5,7,9H2,1H3;2*1H;/q2*-1;;;+4/p-2. The van der Waals surface area contributed by atoms with Crippen LogP contribution in [-0.4, -0.2) is 0 Å². The molecule has 4 aliphatic carbocycles. The van der Waals surface area contributed by atoms with Gasteiger partial charge in [0.15, 0.2) is 0 Å². The van der Waals surface area contributed by atoms with E-state index in [1.165, 1.54) is 51.4 Å². The molecule has 4 rings (SSSR count). The van der Waals surface area contributed by atoms with Crippen LogP contribution < -0.4 is 34.0 Å². The zero-order valence-electron chi connectivity index (χ0n) is 16.8. The van der Waals surface area contributed by atoms with Crippen molar-refractivity contribution in [1.29, 1.82) is 0 Å². The second-order valence-electron chi connectivity index (χ2n) is 7.96. The Hall–Kier alpha value is 0.543. The number of rotatable bonds is 4. The van der Waals surface area contributed by atoms with Gasteiger partial charge in [0.05, 0.1) is 0 Å². The van der Waals surface area contributed by atoms with E-state index in [9.17, 15) is 0 Å². The third kappa shape index (κ3) is 8.06. The van der Waals surface area contributed by atoms with Crippen molar-refractivity contribution in [3.8, 4) is 0 Å². The monoisotopic (exact) mass is 570 g/mol. The molecule has 0 heterocycles. The summed E-state index contributed by atoms with van der Waals surface area (Å²) >= 11 is 0. The number of halogens is 2. The first-order valence-electron chi connectivity index (χ1n) is 10.2. The van der Waals surface area contributed by atoms with E-state index in [1.807, 2.05) is 0 Å². The molecule has 4 atom stereocenters. The van der Waals surface area contributed by atoms with Gasteiger partial charge in [0, 0.05) is 0 Å². The predicted molar refractivity (Wildman–Crippen MR) is 105 cm³/mol. The summed E-state index contributed by atoms with van der Waals surface area (Å²) in [5.41, 5.74) is 3.21. The van der Waals surface area contributed by atoms with Crippen LogP contribution in [0.1, 0.15) is 65.2 Å². The molecule has 148 valence electrons. The van der Waals surface area contributed by atoms with Crippen molar-refractivity contribution in [2.75, 3.05) is 0 Å². The molecule has 0 spiro atoms. The van der Waals surface area contributed by atoms with E-state index in [2.05, 4.69) is 63.1 Å². The van der Waals surface area contributed by atoms with Crippen molar-refractivity contribution >= 4 is 0 Å². The summed E-state index contributed by atoms with van der Waals surface area (Å²) in [6.07, 6.45) is 29.4. The second-order valence-corrected chi connectivity index (χ2v) is 7.96. The largest absolute Gasteiger partial charge is 4.00 e. The first kappa shape index (κ1) is 27.5. The third-order valence-electron chi connectivity index (χ3n) is 5.98. The zero-order chi connectivity index (χ0) is 16.8. The van der Waals surface area contributed by atoms with E-state index >= 15 is 0 Å². The SMILES string of the molecule is CCCC1[CH-]C2=CC=CCC2C1.CCCC1[CH-]C2=CC=CCC2C1.[Br-].[Br-].[Zr+4]. The molecule has 4 aliphatic rings. The molecule has 2 saturated carbocycles. The van der Waals surface area contributed by atoms with E-state index in [0.717, 1.165) is 23.7 Å². The Morgan fingerprint density at radius 2 is 1.19 bits per heavy atom. The molecule has 0 saturated heterocycles. The van der Waals surface area contributed by atoms with Crippen molar-refractivity contribution < 1.29 is 60.2 Å². The normalized spacial score (nSPS) is 29.0. The number of hydrogen-bond acceptors (Lipinski definition) is 0. The van der Waals surface area contributed by atoms with Gasteiger partial charge >= 0.3 is 26.2 Å². The van der Waals surface area contributed by atoms with E-state index in [0.29, 0.717) is 0 Å². The second kappa shape index (κ2) is 14.5. The van der Waals surface area contributed by atoms with Crippen LogP contribution in [0.2, 0.25) is 0 Å². The smallest absolute Gasteiger partial charge is 1.00 e. The van der Waals surface area contributed by atoms with Crippen molar-refractivity contribution in [3.05, 3.63) is 60.4 Å². The van der Waals surface area contributed by atoms with Crippen LogP contribution in [0.25, 0.3) is 0 Å². The van der Waals surface area contributed by atoms with Gasteiger partial charge in [0.1, 0.15) is 0 Å². The Morgan fingerprint density at radius 3 is 1.52 bits per heavy atom. The predicted octanol–water partition coefficient (Wildman–Crippen LogP) is 1.03. The van der Waals surface area contributed by atoms with Crippen LogP contribution in [0.15, 0.2) is 47.6 Å². The van der Waals surface area contributed by atoms with Gasteiger partial charge in [0.2, 0.25) is 0 Å². The maximum absolute atomic E-state index is 2.50. The summed E-state index contributed by atoms with van der Waals surface area (Å²) < 4.78 is 0. The van der Waals surface area contributed by atoms with Gasteiger partial charge in [-0.15, -0.1) is 24.3 Å². The molecular weight excluding hydrogens is 539 g/mol. The molecule has 0 N–H and O–H groups in total. The van der Waals surface area contributed by atoms with Gasteiger partial charge in [-0.1, -0.05) is 64.2 Å². The Bertz CT molecular complexity index is 484. The topological polar surface area (TPSA) is 0 Å². The molecule has 0 amide bonds. The quantitative estimate of drug-likeness (QED) is 0.441. The summed E-state index contributed by atoms with van der Waals surface area (Å²) in [6, 6.07) is 0. The molecule has 27 heavy (non-hydrogen) atoms. The maximum Gasteiger partial charge on any atom is 4.00 e. The van der Waals surface area contributed by atoms with Gasteiger partial charge in [-0.2, -0.15) is 0 Å². The first-order valence-corrected chi connectivity index (χ1v) is 10.2. The van der Waals surface area contributed by atoms with Crippen molar-refractivity contribution in [3.63, 3.8) is 0 Å². The summed E-state index contributed by atoms with van der Waals surface area (Å²) in [4.78, 5) is 0. The average Bonchev–Trinajstić information content (AvgIpc) is 3.18. The van der Waals surface area contributed by atoms with Crippen LogP contribution in [0.4, 0.5) is 0 Å². The summed E-state index contributed by atoms with van der Waals surface area (Å²) in [5, 5.41) is 0. The number of fused-ring (bicyclic) bond motifs is 2. The van der Waals surface area contributed by atoms with E-state index in [-0.39, 0.29) is 60.2 Å². The third-order valence-corrected chi connectivity index (χ3v) is 5.98. The Labute approximate surface area is 208 Å². The number of allylic oxidation sites excluding steroid dienone is 8. The molecule has 3 heteroatoms. The van der Waals surface area contributed by atoms with Crippen LogP contribution in [0, 0.1) is 36.5 Å². The molecule has 4 unspecified atom stereocenters. The van der Waals surface area contributed by atoms with Crippen LogP contribution >= 0.6 is 0 Å². The summed E-state index contributed by atoms with van der Waals surface area (Å²) in [7, 11) is 0. The molecule has 0 aromatic heterocycles. The summed E-state index contributed by atoms with van der Waals surface area (Å²) in [5.74, 6) is 3.50. The molecule has 0 bridgehead atoms. The van der Waals surface area contributed by atoms with Gasteiger partial charge in [-0.3, -0.25) is 0 Å². The minimum atomic E-state index is 0. The molecule has 0 aliphatic heterocycles. The zero-order valence-corrected chi connectivity index (χ0v) is 22.5. The Kier molecular flexibility index (Phi) is 14.8. The average molecular weight is 574 g/mol. The van der Waals surface area contributed by atoms with E-state index in [1.54, 1.807) is 11.1 Å². The van der Waals surface area contributed by atoms with E-state index < -0.39 is 0 Å². The molecular formula is C24H34Br2Zr. The maximum atomic E-state index is 2.50. The Balaban J connectivity index is 0.000000451. The molecule has 0 aromatic rings. The molecule has 0 radical (unpaired) electrons. The molecule has 0 aromatic carbocycles. The van der Waals surface area contributed by atoms with Crippen molar-refractivity contribution in [1.82, 2.24) is 0 Å². The number of hydrogen-bond donors (Lipinski definition) is 0. The fourth-order valence-corrected chi connectivity index (χ4v) is 4.79. The molecule has 0 nitrogen and oxygen atoms in total. The van der Waals surface area contributed by atoms with E-state index in [4.69, 9.17) is 0 Å². The van der Waals surface area contributed by atoms with Crippen molar-refractivity contribution in [2.24, 2.45) is 23.7 Å². The minimum absolute atomic E-state index is 0. The first-order chi connectivity index (χ1) is 11.8. The van der Waals surface area contributed by atoms with Crippen LogP contribution in [0.3, 0.4) is 0 Å². The summed E-state index contributed by atoms with van der Waals surface area (Å²) in [6.45, 7) is 4.56. The fraction of sp³-hybridized carbons (Fsp3) is 0.583. The van der Waals surface area contributed by atoms with Gasteiger partial charge in [-0.25, -0.2) is 36.1 Å². The molecule has 2 fully saturated rings. The van der Waals surface area contributed by atoms with Gasteiger partial charge in [-0.05, 0) is 24.7 Å². The van der Waals surface area contributed by atoms with Crippen LogP contribution in [0.5, 0.6) is 0 Å². The van der Waals surface area contributed by atoms with Gasteiger partial charge in [0.25, 0.3) is 0 Å². The fourth-order valence-electron chi connectivity index (χ4n) is 4.79. The minimum Gasteiger partial charge on any atom is -1.00 e. The van der Waals surface area contributed by atoms with Gasteiger partial charge < -0.3 is 34.0 Å². The Morgan fingerprint density at radius 1 is 0.778 bits per heavy atom. The van der Waals surface area contributed by atoms with Crippen LogP contribution in [-0.2, 0) is 26.2 Å².